The Morgan fingerprint density at radius 2 is 1.17 bits per heavy atom. The van der Waals surface area contributed by atoms with Crippen molar-refractivity contribution in [2.24, 2.45) is 0 Å². The van der Waals surface area contributed by atoms with E-state index in [9.17, 15) is 14.2 Å². The van der Waals surface area contributed by atoms with Crippen LogP contribution in [0, 0.1) is 0 Å². The van der Waals surface area contributed by atoms with E-state index in [1.807, 2.05) is 6.08 Å². The molecule has 0 radical (unpaired) electrons. The first kappa shape index (κ1) is 43.3. The number of carbonyl (C=O) groups excluding carboxylic acids is 2. The van der Waals surface area contributed by atoms with Crippen molar-refractivity contribution in [2.75, 3.05) is 13.2 Å². The van der Waals surface area contributed by atoms with Crippen LogP contribution < -0.4 is 0 Å². The Bertz CT molecular complexity index is 927. The first-order chi connectivity index (χ1) is 22.7. The van der Waals surface area contributed by atoms with Gasteiger partial charge in [0, 0.05) is 12.8 Å². The maximum absolute atomic E-state index is 12.3. The number of phosphoric ester groups is 1. The van der Waals surface area contributed by atoms with Gasteiger partial charge in [-0.05, 0) is 51.4 Å². The first-order valence-electron chi connectivity index (χ1n) is 18.4. The number of hydrogen-bond acceptors (Lipinski definition) is 7. The third kappa shape index (κ3) is 28.9. The zero-order valence-corrected chi connectivity index (χ0v) is 30.3. The zero-order chi connectivity index (χ0) is 34.4. The molecule has 1 heterocycles. The monoisotopic (exact) mass is 684 g/mol. The number of carbonyl (C=O) groups is 2. The lowest BCUT2D eigenvalue weighted by molar-refractivity contribution is -0.161. The van der Waals surface area contributed by atoms with Crippen molar-refractivity contribution in [1.29, 1.82) is 0 Å². The van der Waals surface area contributed by atoms with Gasteiger partial charge < -0.3 is 24.0 Å². The summed E-state index contributed by atoms with van der Waals surface area (Å²) in [5.41, 5.74) is 0. The summed E-state index contributed by atoms with van der Waals surface area (Å²) < 4.78 is 31.9. The van der Waals surface area contributed by atoms with Gasteiger partial charge in [0.2, 0.25) is 0 Å². The Balaban J connectivity index is 2.15. The molecule has 1 aliphatic heterocycles. The number of hydrogen-bond donors (Lipinski definition) is 2. The van der Waals surface area contributed by atoms with Crippen molar-refractivity contribution in [3.05, 3.63) is 36.5 Å². The quantitative estimate of drug-likeness (QED) is 0.0234. The standard InChI is InChI=1S/C37H65O9P/c1-3-5-7-9-11-12-13-14-17-21-25-29-36(38)43-31-33(32-44-47(40,41)42)45-37(39)30-26-22-18-15-16-20-24-28-35-34(46-35)27-23-19-10-8-6-4-2/h15,18-20,23-24,33-35H,3-14,16-17,21-22,25-32H2,1-2H3,(H2,40,41,42)/b18-15-,23-19-,24-20-/t33-,34?,35?/m1/s1. The highest BCUT2D eigenvalue weighted by Crippen LogP contribution is 2.36. The highest BCUT2D eigenvalue weighted by molar-refractivity contribution is 7.46. The van der Waals surface area contributed by atoms with E-state index in [1.54, 1.807) is 0 Å². The van der Waals surface area contributed by atoms with E-state index in [4.69, 9.17) is 24.0 Å². The molecule has 0 spiro atoms. The molecule has 0 aliphatic carbocycles. The molecular weight excluding hydrogens is 619 g/mol. The lowest BCUT2D eigenvalue weighted by Gasteiger charge is -2.18. The lowest BCUT2D eigenvalue weighted by Crippen LogP contribution is -2.29. The predicted octanol–water partition coefficient (Wildman–Crippen LogP) is 9.61. The average Bonchev–Trinajstić information content (AvgIpc) is 3.79. The smallest absolute Gasteiger partial charge is 0.462 e. The molecule has 0 bridgehead atoms. The predicted molar refractivity (Wildman–Crippen MR) is 188 cm³/mol. The number of allylic oxidation sites excluding steroid dienone is 4. The minimum absolute atomic E-state index is 0.132. The van der Waals surface area contributed by atoms with Crippen LogP contribution in [-0.4, -0.2) is 53.3 Å². The summed E-state index contributed by atoms with van der Waals surface area (Å²) in [5, 5.41) is 0. The lowest BCUT2D eigenvalue weighted by atomic mass is 10.1. The van der Waals surface area contributed by atoms with E-state index in [0.717, 1.165) is 38.5 Å². The Kier molecular flexibility index (Phi) is 26.8. The molecule has 0 aromatic carbocycles. The van der Waals surface area contributed by atoms with Crippen LogP contribution in [-0.2, 0) is 32.9 Å². The highest BCUT2D eigenvalue weighted by Gasteiger charge is 2.36. The summed E-state index contributed by atoms with van der Waals surface area (Å²) in [7, 11) is -4.76. The van der Waals surface area contributed by atoms with Crippen LogP contribution in [0.4, 0.5) is 0 Å². The fourth-order valence-electron chi connectivity index (χ4n) is 5.17. The summed E-state index contributed by atoms with van der Waals surface area (Å²) in [6.07, 6.45) is 34.7. The second kappa shape index (κ2) is 29.2. The molecule has 9 nitrogen and oxygen atoms in total. The minimum atomic E-state index is -4.76. The van der Waals surface area contributed by atoms with Crippen molar-refractivity contribution in [3.63, 3.8) is 0 Å². The molecule has 1 saturated heterocycles. The van der Waals surface area contributed by atoms with Gasteiger partial charge in [-0.2, -0.15) is 0 Å². The van der Waals surface area contributed by atoms with Gasteiger partial charge in [-0.25, -0.2) is 4.57 Å². The van der Waals surface area contributed by atoms with Crippen LogP contribution in [0.5, 0.6) is 0 Å². The number of rotatable bonds is 32. The number of esters is 2. The molecule has 1 fully saturated rings. The maximum Gasteiger partial charge on any atom is 0.469 e. The molecule has 0 aromatic heterocycles. The molecule has 0 aromatic rings. The van der Waals surface area contributed by atoms with E-state index in [1.165, 1.54) is 70.6 Å². The van der Waals surface area contributed by atoms with E-state index in [0.29, 0.717) is 31.5 Å². The van der Waals surface area contributed by atoms with Crippen LogP contribution in [0.3, 0.4) is 0 Å². The molecule has 2 N–H and O–H groups in total. The Morgan fingerprint density at radius 1 is 0.660 bits per heavy atom. The van der Waals surface area contributed by atoms with E-state index < -0.39 is 32.5 Å². The molecule has 272 valence electrons. The topological polar surface area (TPSA) is 132 Å². The van der Waals surface area contributed by atoms with Gasteiger partial charge in [0.05, 0.1) is 18.8 Å². The first-order valence-corrected chi connectivity index (χ1v) is 19.9. The largest absolute Gasteiger partial charge is 0.469 e. The number of unbranched alkanes of at least 4 members (excludes halogenated alkanes) is 14. The van der Waals surface area contributed by atoms with Crippen LogP contribution >= 0.6 is 7.82 Å². The third-order valence-electron chi connectivity index (χ3n) is 8.06. The molecule has 1 rings (SSSR count). The number of phosphoric acid groups is 1. The Morgan fingerprint density at radius 3 is 1.81 bits per heavy atom. The van der Waals surface area contributed by atoms with Gasteiger partial charge in [0.25, 0.3) is 0 Å². The van der Waals surface area contributed by atoms with E-state index in [2.05, 4.69) is 48.8 Å². The van der Waals surface area contributed by atoms with Gasteiger partial charge in [0.1, 0.15) is 6.61 Å². The van der Waals surface area contributed by atoms with Crippen LogP contribution in [0.15, 0.2) is 36.5 Å². The highest BCUT2D eigenvalue weighted by atomic mass is 31.2. The van der Waals surface area contributed by atoms with Gasteiger partial charge in [-0.1, -0.05) is 127 Å². The molecule has 10 heteroatoms. The minimum Gasteiger partial charge on any atom is -0.462 e. The summed E-state index contributed by atoms with van der Waals surface area (Å²) >= 11 is 0. The zero-order valence-electron chi connectivity index (χ0n) is 29.4. The van der Waals surface area contributed by atoms with E-state index >= 15 is 0 Å². The van der Waals surface area contributed by atoms with Crippen LogP contribution in [0.2, 0.25) is 0 Å². The molecular formula is C37H65O9P. The van der Waals surface area contributed by atoms with Gasteiger partial charge in [-0.3, -0.25) is 14.1 Å². The average molecular weight is 685 g/mol. The fraction of sp³-hybridized carbons (Fsp3) is 0.784. The van der Waals surface area contributed by atoms with Crippen molar-refractivity contribution < 1.29 is 42.7 Å². The molecule has 47 heavy (non-hydrogen) atoms. The van der Waals surface area contributed by atoms with Crippen molar-refractivity contribution >= 4 is 19.8 Å². The second-order valence-corrected chi connectivity index (χ2v) is 13.8. The summed E-state index contributed by atoms with van der Waals surface area (Å²) in [6, 6.07) is 0. The normalized spacial score (nSPS) is 17.2. The summed E-state index contributed by atoms with van der Waals surface area (Å²) in [6.45, 7) is 3.57. The summed E-state index contributed by atoms with van der Waals surface area (Å²) in [4.78, 5) is 42.6. The summed E-state index contributed by atoms with van der Waals surface area (Å²) in [5.74, 6) is -0.957. The Hall–Kier alpha value is -1.77. The van der Waals surface area contributed by atoms with Gasteiger partial charge in [0.15, 0.2) is 6.10 Å². The Labute approximate surface area is 285 Å². The van der Waals surface area contributed by atoms with E-state index in [-0.39, 0.29) is 19.4 Å². The fourth-order valence-corrected chi connectivity index (χ4v) is 5.53. The molecule has 2 unspecified atom stereocenters. The molecule has 3 atom stereocenters. The van der Waals surface area contributed by atoms with Crippen molar-refractivity contribution in [1.82, 2.24) is 0 Å². The molecule has 0 saturated carbocycles. The number of epoxide rings is 1. The van der Waals surface area contributed by atoms with Crippen LogP contribution in [0.1, 0.15) is 155 Å². The van der Waals surface area contributed by atoms with Crippen molar-refractivity contribution in [2.45, 2.75) is 173 Å². The molecule has 0 amide bonds. The van der Waals surface area contributed by atoms with Gasteiger partial charge in [-0.15, -0.1) is 0 Å². The second-order valence-electron chi connectivity index (χ2n) is 12.6. The van der Waals surface area contributed by atoms with Crippen LogP contribution in [0.25, 0.3) is 0 Å². The van der Waals surface area contributed by atoms with Gasteiger partial charge >= 0.3 is 19.8 Å². The third-order valence-corrected chi connectivity index (χ3v) is 8.55. The van der Waals surface area contributed by atoms with Crippen molar-refractivity contribution in [3.8, 4) is 0 Å². The SMILES string of the molecule is CCCCC/C=C\CC1OC1C/C=C\C/C=C\CCCC(=O)O[C@H](COC(=O)CCCCCCCCCCCCC)COP(=O)(O)O. The molecule has 1 aliphatic rings. The maximum atomic E-state index is 12.3. The number of ether oxygens (including phenoxy) is 3.